The predicted molar refractivity (Wildman–Crippen MR) is 110 cm³/mol. The van der Waals surface area contributed by atoms with E-state index in [0.29, 0.717) is 24.3 Å². The number of nitrogens with one attached hydrogen (secondary N) is 1. The normalized spacial score (nSPS) is 22.5. The van der Waals surface area contributed by atoms with Crippen LogP contribution in [0.15, 0.2) is 24.5 Å². The lowest BCUT2D eigenvalue weighted by Gasteiger charge is -2.33. The molecule has 2 N–H and O–H groups in total. The maximum Gasteiger partial charge on any atom is 0.147 e. The molecule has 28 heavy (non-hydrogen) atoms. The van der Waals surface area contributed by atoms with Crippen LogP contribution in [-0.2, 0) is 24.2 Å². The van der Waals surface area contributed by atoms with Crippen molar-refractivity contribution in [2.75, 3.05) is 17.7 Å². The number of nitrogens with zero attached hydrogens (tertiary/aromatic N) is 2. The van der Waals surface area contributed by atoms with Crippen molar-refractivity contribution in [1.29, 1.82) is 0 Å². The van der Waals surface area contributed by atoms with Crippen LogP contribution in [-0.4, -0.2) is 33.7 Å². The Balaban J connectivity index is 1.75. The summed E-state index contributed by atoms with van der Waals surface area (Å²) in [5.41, 5.74) is 5.40. The SMILES string of the molecule is CC[S+]([O-])NC1CCCc2c(-c3cc(F)c4c(c3)CCC(O)N4C)cncc21. The number of hydrogen-bond acceptors (Lipinski definition) is 5. The number of aliphatic hydroxyl groups is 1. The molecule has 3 atom stereocenters. The van der Waals surface area contributed by atoms with Gasteiger partial charge in [0, 0.05) is 36.4 Å². The molecule has 0 spiro atoms. The second-order valence-corrected chi connectivity index (χ2v) is 9.05. The molecule has 5 nitrogen and oxygen atoms in total. The van der Waals surface area contributed by atoms with E-state index in [1.54, 1.807) is 24.2 Å². The van der Waals surface area contributed by atoms with E-state index in [0.717, 1.165) is 47.1 Å². The van der Waals surface area contributed by atoms with Crippen LogP contribution in [0.1, 0.15) is 48.9 Å². The summed E-state index contributed by atoms with van der Waals surface area (Å²) in [4.78, 5) is 6.02. The quantitative estimate of drug-likeness (QED) is 0.767. The van der Waals surface area contributed by atoms with Crippen molar-refractivity contribution in [2.45, 2.75) is 51.3 Å². The Labute approximate surface area is 168 Å². The van der Waals surface area contributed by atoms with Gasteiger partial charge in [-0.3, -0.25) is 4.98 Å². The van der Waals surface area contributed by atoms with E-state index in [1.807, 2.05) is 19.2 Å². The van der Waals surface area contributed by atoms with Gasteiger partial charge in [-0.15, -0.1) is 4.72 Å². The number of aromatic nitrogens is 1. The van der Waals surface area contributed by atoms with Crippen molar-refractivity contribution < 1.29 is 14.0 Å². The number of rotatable bonds is 4. The van der Waals surface area contributed by atoms with Gasteiger partial charge in [0.25, 0.3) is 0 Å². The Kier molecular flexibility index (Phi) is 5.60. The van der Waals surface area contributed by atoms with E-state index >= 15 is 0 Å². The number of hydrogen-bond donors (Lipinski definition) is 2. The average Bonchev–Trinajstić information content (AvgIpc) is 2.70. The van der Waals surface area contributed by atoms with Crippen molar-refractivity contribution >= 4 is 17.0 Å². The molecule has 2 aliphatic rings. The Morgan fingerprint density at radius 1 is 1.32 bits per heavy atom. The lowest BCUT2D eigenvalue weighted by Crippen LogP contribution is -2.36. The Morgan fingerprint density at radius 3 is 2.93 bits per heavy atom. The fourth-order valence-corrected chi connectivity index (χ4v) is 5.09. The highest BCUT2D eigenvalue weighted by Gasteiger charge is 2.28. The molecule has 1 aliphatic heterocycles. The van der Waals surface area contributed by atoms with Gasteiger partial charge in [-0.2, -0.15) is 0 Å². The highest BCUT2D eigenvalue weighted by atomic mass is 32.2. The zero-order chi connectivity index (χ0) is 19.8. The van der Waals surface area contributed by atoms with Gasteiger partial charge in [0.1, 0.15) is 17.8 Å². The van der Waals surface area contributed by atoms with E-state index < -0.39 is 17.6 Å². The molecule has 0 amide bonds. The fraction of sp³-hybridized carbons (Fsp3) is 0.476. The van der Waals surface area contributed by atoms with Gasteiger partial charge >= 0.3 is 0 Å². The van der Waals surface area contributed by atoms with Gasteiger partial charge < -0.3 is 14.6 Å². The van der Waals surface area contributed by atoms with E-state index in [2.05, 4.69) is 9.71 Å². The van der Waals surface area contributed by atoms with E-state index in [4.69, 9.17) is 0 Å². The Bertz CT molecular complexity index is 879. The molecule has 0 radical (unpaired) electrons. The standard InChI is InChI=1S/C21H26FN3O2S/c1-3-28(27)24-19-6-4-5-15-16(11-23-12-17(15)19)14-9-13-7-8-20(26)25(2)21(13)18(22)10-14/h9-12,19-20,24,26H,3-8H2,1-2H3. The van der Waals surface area contributed by atoms with Crippen LogP contribution in [0.2, 0.25) is 0 Å². The summed E-state index contributed by atoms with van der Waals surface area (Å²) < 4.78 is 30.2. The molecule has 0 bridgehead atoms. The molecular formula is C21H26FN3O2S. The summed E-state index contributed by atoms with van der Waals surface area (Å²) in [5, 5.41) is 10.0. The Morgan fingerprint density at radius 2 is 2.14 bits per heavy atom. The van der Waals surface area contributed by atoms with Crippen LogP contribution >= 0.6 is 0 Å². The molecule has 0 saturated carbocycles. The van der Waals surface area contributed by atoms with Crippen LogP contribution in [0.3, 0.4) is 0 Å². The number of pyridine rings is 1. The van der Waals surface area contributed by atoms with Crippen LogP contribution < -0.4 is 9.62 Å². The maximum absolute atomic E-state index is 14.9. The zero-order valence-electron chi connectivity index (χ0n) is 16.2. The minimum Gasteiger partial charge on any atom is -0.598 e. The second-order valence-electron chi connectivity index (χ2n) is 7.55. The monoisotopic (exact) mass is 403 g/mol. The fourth-order valence-electron chi connectivity index (χ4n) is 4.36. The van der Waals surface area contributed by atoms with Gasteiger partial charge in [-0.25, -0.2) is 4.39 Å². The van der Waals surface area contributed by atoms with Crippen molar-refractivity contribution in [1.82, 2.24) is 9.71 Å². The predicted octanol–water partition coefficient (Wildman–Crippen LogP) is 3.24. The summed E-state index contributed by atoms with van der Waals surface area (Å²) in [5.74, 6) is 0.248. The number of fused-ring (bicyclic) bond motifs is 2. The molecular weight excluding hydrogens is 377 g/mol. The molecule has 1 aromatic heterocycles. The van der Waals surface area contributed by atoms with E-state index in [-0.39, 0.29) is 11.9 Å². The summed E-state index contributed by atoms with van der Waals surface area (Å²) >= 11 is -1.06. The van der Waals surface area contributed by atoms with E-state index in [1.165, 1.54) is 0 Å². The minimum absolute atomic E-state index is 0.0146. The van der Waals surface area contributed by atoms with Crippen molar-refractivity contribution in [3.8, 4) is 11.1 Å². The molecule has 7 heteroatoms. The first-order valence-corrected chi connectivity index (χ1v) is 11.2. The molecule has 1 aromatic carbocycles. The highest BCUT2D eigenvalue weighted by molar-refractivity contribution is 7.89. The average molecular weight is 404 g/mol. The van der Waals surface area contributed by atoms with Crippen LogP contribution in [0.4, 0.5) is 10.1 Å². The summed E-state index contributed by atoms with van der Waals surface area (Å²) in [6.07, 6.45) is 7.06. The number of benzene rings is 1. The van der Waals surface area contributed by atoms with Gasteiger partial charge in [-0.1, -0.05) is 0 Å². The molecule has 1 aliphatic carbocycles. The highest BCUT2D eigenvalue weighted by Crippen LogP contribution is 2.39. The first-order valence-electron chi connectivity index (χ1n) is 9.84. The van der Waals surface area contributed by atoms with Crippen molar-refractivity contribution in [2.24, 2.45) is 0 Å². The third-order valence-electron chi connectivity index (χ3n) is 5.85. The third-order valence-corrected chi connectivity index (χ3v) is 6.92. The third kappa shape index (κ3) is 3.52. The van der Waals surface area contributed by atoms with Crippen LogP contribution in [0, 0.1) is 5.82 Å². The molecule has 3 unspecified atom stereocenters. The Hall–Kier alpha value is -1.67. The van der Waals surface area contributed by atoms with Gasteiger partial charge in [-0.05, 0) is 73.4 Å². The summed E-state index contributed by atoms with van der Waals surface area (Å²) in [6.45, 7) is 1.89. The minimum atomic E-state index is -1.06. The van der Waals surface area contributed by atoms with Gasteiger partial charge in [0.15, 0.2) is 0 Å². The zero-order valence-corrected chi connectivity index (χ0v) is 17.1. The first kappa shape index (κ1) is 19.6. The number of aryl methyl sites for hydroxylation is 1. The van der Waals surface area contributed by atoms with Crippen LogP contribution in [0.5, 0.6) is 0 Å². The molecule has 4 rings (SSSR count). The summed E-state index contributed by atoms with van der Waals surface area (Å²) in [6, 6.07) is 3.59. The number of aliphatic hydroxyl groups excluding tert-OH is 1. The second kappa shape index (κ2) is 7.99. The van der Waals surface area contributed by atoms with Crippen LogP contribution in [0.25, 0.3) is 11.1 Å². The topological polar surface area (TPSA) is 71.4 Å². The molecule has 0 fully saturated rings. The van der Waals surface area contributed by atoms with Crippen molar-refractivity contribution in [3.05, 3.63) is 47.0 Å². The molecule has 2 aromatic rings. The largest absolute Gasteiger partial charge is 0.598 e. The lowest BCUT2D eigenvalue weighted by atomic mass is 9.84. The molecule has 150 valence electrons. The van der Waals surface area contributed by atoms with Crippen molar-refractivity contribution in [3.63, 3.8) is 0 Å². The lowest BCUT2D eigenvalue weighted by molar-refractivity contribution is 0.158. The molecule has 2 heterocycles. The first-order chi connectivity index (χ1) is 13.5. The van der Waals surface area contributed by atoms with Gasteiger partial charge in [0.2, 0.25) is 0 Å². The number of anilines is 1. The smallest absolute Gasteiger partial charge is 0.147 e. The number of halogens is 1. The maximum atomic E-state index is 14.9. The van der Waals surface area contributed by atoms with Gasteiger partial charge in [0.05, 0.1) is 11.7 Å². The van der Waals surface area contributed by atoms with E-state index in [9.17, 15) is 14.0 Å². The summed E-state index contributed by atoms with van der Waals surface area (Å²) in [7, 11) is 1.72. The molecule has 0 saturated heterocycles.